The summed E-state index contributed by atoms with van der Waals surface area (Å²) >= 11 is 0. The van der Waals surface area contributed by atoms with Crippen molar-refractivity contribution in [1.82, 2.24) is 24.7 Å². The Kier molecular flexibility index (Phi) is 5.61. The number of halogens is 3. The van der Waals surface area contributed by atoms with Gasteiger partial charge in [-0.15, -0.1) is 5.10 Å². The van der Waals surface area contributed by atoms with Crippen LogP contribution in [-0.4, -0.2) is 43.9 Å². The zero-order chi connectivity index (χ0) is 24.1. The second-order valence-electron chi connectivity index (χ2n) is 10.0. The minimum absolute atomic E-state index is 0.138. The Labute approximate surface area is 201 Å². The SMILES string of the molecule is Cc1cc(N2C[C@H]3CC[C@@H](C2)[C@H]3Nc2nc3n(n2)CCCC[C@@H]3c2ccc(F)c(F)c2F)ncn1. The molecule has 1 saturated heterocycles. The van der Waals surface area contributed by atoms with Gasteiger partial charge in [-0.25, -0.2) is 27.8 Å². The molecule has 4 atom stereocenters. The number of nitrogens with one attached hydrogen (secondary N) is 1. The quantitative estimate of drug-likeness (QED) is 0.554. The number of hydrogen-bond acceptors (Lipinski definition) is 6. The molecule has 3 aliphatic rings. The van der Waals surface area contributed by atoms with E-state index in [1.807, 2.05) is 13.0 Å². The van der Waals surface area contributed by atoms with Gasteiger partial charge in [-0.05, 0) is 50.5 Å². The molecule has 6 rings (SSSR count). The number of benzene rings is 1. The lowest BCUT2D eigenvalue weighted by molar-refractivity contribution is 0.374. The van der Waals surface area contributed by atoms with E-state index in [0.29, 0.717) is 36.6 Å². The number of aryl methyl sites for hydroxylation is 2. The van der Waals surface area contributed by atoms with Crippen molar-refractivity contribution in [3.8, 4) is 0 Å². The van der Waals surface area contributed by atoms with Gasteiger partial charge >= 0.3 is 0 Å². The third-order valence-electron chi connectivity index (χ3n) is 7.81. The summed E-state index contributed by atoms with van der Waals surface area (Å²) in [5, 5.41) is 8.29. The summed E-state index contributed by atoms with van der Waals surface area (Å²) in [7, 11) is 0. The highest BCUT2D eigenvalue weighted by Crippen LogP contribution is 2.40. The average molecular weight is 484 g/mol. The van der Waals surface area contributed by atoms with Gasteiger partial charge in [0.15, 0.2) is 17.5 Å². The molecule has 1 aliphatic carbocycles. The normalized spacial score (nSPS) is 25.9. The smallest absolute Gasteiger partial charge is 0.242 e. The third kappa shape index (κ3) is 4.02. The summed E-state index contributed by atoms with van der Waals surface area (Å²) in [4.78, 5) is 15.8. The number of aromatic nitrogens is 5. The third-order valence-corrected chi connectivity index (χ3v) is 7.81. The van der Waals surface area contributed by atoms with Crippen LogP contribution in [0.15, 0.2) is 24.5 Å². The maximum atomic E-state index is 14.7. The van der Waals surface area contributed by atoms with E-state index in [1.165, 1.54) is 6.07 Å². The fraction of sp³-hybridized carbons (Fsp3) is 0.520. The molecule has 0 unspecified atom stereocenters. The van der Waals surface area contributed by atoms with Crippen molar-refractivity contribution in [1.29, 1.82) is 0 Å². The second kappa shape index (κ2) is 8.80. The molecule has 1 aromatic carbocycles. The Bertz CT molecular complexity index is 1230. The monoisotopic (exact) mass is 483 g/mol. The Morgan fingerprint density at radius 1 is 0.971 bits per heavy atom. The summed E-state index contributed by atoms with van der Waals surface area (Å²) in [5.41, 5.74) is 1.10. The summed E-state index contributed by atoms with van der Waals surface area (Å²) in [6.07, 6.45) is 6.19. The summed E-state index contributed by atoms with van der Waals surface area (Å²) in [6.45, 7) is 4.45. The zero-order valence-electron chi connectivity index (χ0n) is 19.6. The molecule has 4 heterocycles. The van der Waals surface area contributed by atoms with E-state index >= 15 is 0 Å². The number of hydrogen-bond donors (Lipinski definition) is 1. The van der Waals surface area contributed by atoms with Crippen LogP contribution >= 0.6 is 0 Å². The van der Waals surface area contributed by atoms with Gasteiger partial charge in [-0.2, -0.15) is 4.98 Å². The molecule has 0 amide bonds. The number of fused-ring (bicyclic) bond motifs is 3. The van der Waals surface area contributed by atoms with E-state index in [0.717, 1.165) is 56.4 Å². The van der Waals surface area contributed by atoms with Crippen molar-refractivity contribution in [2.75, 3.05) is 23.3 Å². The van der Waals surface area contributed by atoms with Crippen LogP contribution in [0, 0.1) is 36.2 Å². The fourth-order valence-corrected chi connectivity index (χ4v) is 6.09. The molecule has 10 heteroatoms. The van der Waals surface area contributed by atoms with E-state index in [4.69, 9.17) is 10.1 Å². The Morgan fingerprint density at radius 2 is 1.77 bits per heavy atom. The predicted octanol–water partition coefficient (Wildman–Crippen LogP) is 4.44. The van der Waals surface area contributed by atoms with Crippen molar-refractivity contribution >= 4 is 11.8 Å². The molecule has 1 N–H and O–H groups in total. The van der Waals surface area contributed by atoms with Crippen molar-refractivity contribution in [3.63, 3.8) is 0 Å². The second-order valence-corrected chi connectivity index (χ2v) is 10.0. The number of piperidine rings is 1. The van der Waals surface area contributed by atoms with Crippen molar-refractivity contribution in [2.24, 2.45) is 11.8 Å². The van der Waals surface area contributed by atoms with E-state index in [-0.39, 0.29) is 11.6 Å². The van der Waals surface area contributed by atoms with E-state index in [1.54, 1.807) is 11.0 Å². The molecule has 7 nitrogen and oxygen atoms in total. The molecular weight excluding hydrogens is 455 g/mol. The van der Waals surface area contributed by atoms with Crippen LogP contribution in [0.2, 0.25) is 0 Å². The van der Waals surface area contributed by atoms with Gasteiger partial charge in [0.25, 0.3) is 0 Å². The van der Waals surface area contributed by atoms with Crippen LogP contribution in [0.4, 0.5) is 24.9 Å². The van der Waals surface area contributed by atoms with Crippen LogP contribution in [-0.2, 0) is 6.54 Å². The van der Waals surface area contributed by atoms with E-state index in [2.05, 4.69) is 20.2 Å². The first-order valence-corrected chi connectivity index (χ1v) is 12.4. The first-order valence-electron chi connectivity index (χ1n) is 12.4. The molecular formula is C25H28F3N7. The molecule has 1 saturated carbocycles. The molecule has 3 aromatic rings. The topological polar surface area (TPSA) is 71.8 Å². The molecule has 2 fully saturated rings. The van der Waals surface area contributed by atoms with Crippen LogP contribution in [0.5, 0.6) is 0 Å². The highest BCUT2D eigenvalue weighted by Gasteiger charge is 2.43. The lowest BCUT2D eigenvalue weighted by Crippen LogP contribution is -2.48. The van der Waals surface area contributed by atoms with Crippen LogP contribution < -0.4 is 10.2 Å². The molecule has 2 aliphatic heterocycles. The van der Waals surface area contributed by atoms with E-state index in [9.17, 15) is 13.2 Å². The van der Waals surface area contributed by atoms with Gasteiger partial charge in [-0.1, -0.05) is 12.5 Å². The van der Waals surface area contributed by atoms with Crippen molar-refractivity contribution in [2.45, 2.75) is 57.5 Å². The lowest BCUT2D eigenvalue weighted by Gasteiger charge is -2.38. The van der Waals surface area contributed by atoms with E-state index < -0.39 is 23.4 Å². The molecule has 184 valence electrons. The van der Waals surface area contributed by atoms with Gasteiger partial charge < -0.3 is 10.2 Å². The van der Waals surface area contributed by atoms with Gasteiger partial charge in [0.2, 0.25) is 5.95 Å². The van der Waals surface area contributed by atoms with Crippen molar-refractivity contribution < 1.29 is 13.2 Å². The maximum absolute atomic E-state index is 14.7. The number of nitrogens with zero attached hydrogens (tertiary/aromatic N) is 6. The largest absolute Gasteiger partial charge is 0.356 e. The maximum Gasteiger partial charge on any atom is 0.242 e. The summed E-state index contributed by atoms with van der Waals surface area (Å²) < 4.78 is 44.0. The standard InChI is InChI=1S/C25H28F3N7/c1-14-10-20(30-13-29-14)34-11-15-5-6-16(12-34)23(15)31-25-32-24-18(4-2-3-9-35(24)33-25)17-7-8-19(26)22(28)21(17)27/h7-8,10,13,15-16,18,23H,2-6,9,11-12H2,1H3,(H,31,33)/t15-,16+,18-,23+/m1/s1. The van der Waals surface area contributed by atoms with Crippen molar-refractivity contribution in [3.05, 3.63) is 59.1 Å². The fourth-order valence-electron chi connectivity index (χ4n) is 6.09. The molecule has 2 aromatic heterocycles. The van der Waals surface area contributed by atoms with Gasteiger partial charge in [0, 0.05) is 48.9 Å². The van der Waals surface area contributed by atoms with Crippen LogP contribution in [0.25, 0.3) is 0 Å². The molecule has 0 radical (unpaired) electrons. The summed E-state index contributed by atoms with van der Waals surface area (Å²) in [6, 6.07) is 4.60. The molecule has 0 spiro atoms. The Hall–Kier alpha value is -3.17. The van der Waals surface area contributed by atoms with Gasteiger partial charge in [0.1, 0.15) is 18.0 Å². The minimum atomic E-state index is -1.43. The Morgan fingerprint density at radius 3 is 2.54 bits per heavy atom. The van der Waals surface area contributed by atoms with Crippen LogP contribution in [0.1, 0.15) is 55.1 Å². The summed E-state index contributed by atoms with van der Waals surface area (Å²) in [5.74, 6) is -1.23. The minimum Gasteiger partial charge on any atom is -0.356 e. The first-order chi connectivity index (χ1) is 17.0. The average Bonchev–Trinajstić information content (AvgIpc) is 3.25. The lowest BCUT2D eigenvalue weighted by atomic mass is 9.92. The number of rotatable bonds is 4. The number of anilines is 2. The highest BCUT2D eigenvalue weighted by atomic mass is 19.2. The molecule has 35 heavy (non-hydrogen) atoms. The van der Waals surface area contributed by atoms with Gasteiger partial charge in [0.05, 0.1) is 0 Å². The first kappa shape index (κ1) is 22.3. The molecule has 2 bridgehead atoms. The Balaban J connectivity index is 1.24. The van der Waals surface area contributed by atoms with Crippen LogP contribution in [0.3, 0.4) is 0 Å². The zero-order valence-corrected chi connectivity index (χ0v) is 19.6. The highest BCUT2D eigenvalue weighted by molar-refractivity contribution is 5.42. The van der Waals surface area contributed by atoms with Gasteiger partial charge in [-0.3, -0.25) is 0 Å². The predicted molar refractivity (Wildman–Crippen MR) is 125 cm³/mol.